The van der Waals surface area contributed by atoms with Crippen molar-refractivity contribution in [3.8, 4) is 11.3 Å². The molecule has 0 aromatic carbocycles. The number of rotatable bonds is 2. The summed E-state index contributed by atoms with van der Waals surface area (Å²) in [6, 6.07) is 8.24. The van der Waals surface area contributed by atoms with E-state index in [-0.39, 0.29) is 0 Å². The first-order valence-electron chi connectivity index (χ1n) is 5.79. The van der Waals surface area contributed by atoms with Crippen LogP contribution in [0.2, 0.25) is 0 Å². The highest BCUT2D eigenvalue weighted by Gasteiger charge is 2.17. The number of hydrogen-bond acceptors (Lipinski definition) is 2. The van der Waals surface area contributed by atoms with Crippen molar-refractivity contribution in [3.63, 3.8) is 0 Å². The summed E-state index contributed by atoms with van der Waals surface area (Å²) in [5, 5.41) is 0. The number of pyridine rings is 1. The second kappa shape index (κ2) is 4.00. The van der Waals surface area contributed by atoms with E-state index in [4.69, 9.17) is 0 Å². The molecule has 0 aliphatic carbocycles. The van der Waals surface area contributed by atoms with Gasteiger partial charge in [-0.25, -0.2) is 4.98 Å². The Kier molecular flexibility index (Phi) is 2.37. The van der Waals surface area contributed by atoms with Gasteiger partial charge in [-0.3, -0.25) is 0 Å². The van der Waals surface area contributed by atoms with Crippen LogP contribution in [-0.2, 0) is 0 Å². The van der Waals surface area contributed by atoms with Gasteiger partial charge in [0.05, 0.1) is 0 Å². The Bertz CT molecular complexity index is 456. The van der Waals surface area contributed by atoms with Gasteiger partial charge in [0.15, 0.2) is 0 Å². The molecule has 0 saturated carbocycles. The molecule has 0 unspecified atom stereocenters. The van der Waals surface area contributed by atoms with E-state index in [1.54, 1.807) is 0 Å². The molecule has 0 atom stereocenters. The summed E-state index contributed by atoms with van der Waals surface area (Å²) in [4.78, 5) is 10.1. The highest BCUT2D eigenvalue weighted by atomic mass is 15.2. The van der Waals surface area contributed by atoms with Gasteiger partial charge in [-0.15, -0.1) is 0 Å². The summed E-state index contributed by atoms with van der Waals surface area (Å²) in [7, 11) is 0. The van der Waals surface area contributed by atoms with Crippen LogP contribution in [0.25, 0.3) is 11.3 Å². The van der Waals surface area contributed by atoms with Crippen LogP contribution >= 0.6 is 0 Å². The molecule has 3 rings (SSSR count). The zero-order chi connectivity index (χ0) is 10.8. The predicted molar refractivity (Wildman–Crippen MR) is 65.5 cm³/mol. The van der Waals surface area contributed by atoms with Crippen LogP contribution in [0.5, 0.6) is 0 Å². The monoisotopic (exact) mass is 213 g/mol. The molecule has 3 heterocycles. The molecule has 0 amide bonds. The van der Waals surface area contributed by atoms with E-state index in [9.17, 15) is 0 Å². The lowest BCUT2D eigenvalue weighted by Gasteiger charge is -2.19. The highest BCUT2D eigenvalue weighted by molar-refractivity contribution is 5.73. The van der Waals surface area contributed by atoms with E-state index in [0.717, 1.165) is 24.6 Å². The molecule has 0 bridgehead atoms. The third-order valence-electron chi connectivity index (χ3n) is 3.08. The van der Waals surface area contributed by atoms with Crippen molar-refractivity contribution in [1.29, 1.82) is 0 Å². The van der Waals surface area contributed by atoms with Gasteiger partial charge in [0.2, 0.25) is 0 Å². The lowest BCUT2D eigenvalue weighted by Crippen LogP contribution is -2.19. The van der Waals surface area contributed by atoms with Crippen LogP contribution in [0, 0.1) is 0 Å². The molecule has 1 aliphatic heterocycles. The summed E-state index contributed by atoms with van der Waals surface area (Å²) >= 11 is 0. The molecule has 3 nitrogen and oxygen atoms in total. The maximum absolute atomic E-state index is 4.52. The minimum atomic E-state index is 1.11. The number of nitrogens with zero attached hydrogens (tertiary/aromatic N) is 2. The normalized spacial score (nSPS) is 15.6. The van der Waals surface area contributed by atoms with Crippen LogP contribution in [0.1, 0.15) is 12.8 Å². The summed E-state index contributed by atoms with van der Waals surface area (Å²) in [6.07, 6.45) is 6.39. The minimum absolute atomic E-state index is 1.11. The molecule has 2 aromatic heterocycles. The SMILES string of the molecule is c1c[nH]c(-c2cccnc2N2CCCC2)c1. The maximum atomic E-state index is 4.52. The second-order valence-corrected chi connectivity index (χ2v) is 4.15. The van der Waals surface area contributed by atoms with E-state index >= 15 is 0 Å². The van der Waals surface area contributed by atoms with Crippen LogP contribution in [0.4, 0.5) is 5.82 Å². The first-order chi connectivity index (χ1) is 7.95. The van der Waals surface area contributed by atoms with Crippen molar-refractivity contribution in [3.05, 3.63) is 36.7 Å². The summed E-state index contributed by atoms with van der Waals surface area (Å²) in [5.74, 6) is 1.11. The number of aromatic amines is 1. The third-order valence-corrected chi connectivity index (χ3v) is 3.08. The summed E-state index contributed by atoms with van der Waals surface area (Å²) in [5.41, 5.74) is 2.35. The van der Waals surface area contributed by atoms with Crippen molar-refractivity contribution in [2.75, 3.05) is 18.0 Å². The van der Waals surface area contributed by atoms with Crippen molar-refractivity contribution in [1.82, 2.24) is 9.97 Å². The quantitative estimate of drug-likeness (QED) is 0.831. The first kappa shape index (κ1) is 9.46. The predicted octanol–water partition coefficient (Wildman–Crippen LogP) is 2.68. The lowest BCUT2D eigenvalue weighted by molar-refractivity contribution is 0.938. The largest absolute Gasteiger partial charge is 0.361 e. The number of hydrogen-bond donors (Lipinski definition) is 1. The molecular formula is C13H15N3. The highest BCUT2D eigenvalue weighted by Crippen LogP contribution is 2.29. The van der Waals surface area contributed by atoms with Crippen molar-refractivity contribution >= 4 is 5.82 Å². The molecule has 2 aromatic rings. The van der Waals surface area contributed by atoms with Crippen LogP contribution < -0.4 is 4.90 Å². The molecule has 3 heteroatoms. The molecule has 1 saturated heterocycles. The van der Waals surface area contributed by atoms with Crippen molar-refractivity contribution in [2.45, 2.75) is 12.8 Å². The summed E-state index contributed by atoms with van der Waals surface area (Å²) in [6.45, 7) is 2.26. The van der Waals surface area contributed by atoms with E-state index in [1.165, 1.54) is 18.4 Å². The Balaban J connectivity index is 2.04. The molecule has 16 heavy (non-hydrogen) atoms. The van der Waals surface area contributed by atoms with Gasteiger partial charge < -0.3 is 9.88 Å². The van der Waals surface area contributed by atoms with Crippen molar-refractivity contribution < 1.29 is 0 Å². The van der Waals surface area contributed by atoms with Gasteiger partial charge in [0.1, 0.15) is 5.82 Å². The zero-order valence-electron chi connectivity index (χ0n) is 9.19. The average molecular weight is 213 g/mol. The second-order valence-electron chi connectivity index (χ2n) is 4.15. The molecule has 82 valence electrons. The number of H-pyrrole nitrogens is 1. The Hall–Kier alpha value is -1.77. The Labute approximate surface area is 95.1 Å². The standard InChI is InChI=1S/C13H15N3/c1-2-10-16(9-1)13-11(5-3-8-15-13)12-6-4-7-14-12/h3-8,14H,1-2,9-10H2. The molecule has 1 aliphatic rings. The van der Waals surface area contributed by atoms with Crippen LogP contribution in [0.3, 0.4) is 0 Å². The number of anilines is 1. The van der Waals surface area contributed by atoms with Crippen LogP contribution in [0.15, 0.2) is 36.7 Å². The molecule has 0 spiro atoms. The fraction of sp³-hybridized carbons (Fsp3) is 0.308. The van der Waals surface area contributed by atoms with E-state index in [0.29, 0.717) is 0 Å². The smallest absolute Gasteiger partial charge is 0.137 e. The van der Waals surface area contributed by atoms with E-state index in [2.05, 4.69) is 27.0 Å². The molecule has 1 fully saturated rings. The number of aromatic nitrogens is 2. The maximum Gasteiger partial charge on any atom is 0.137 e. The Morgan fingerprint density at radius 1 is 1.12 bits per heavy atom. The third kappa shape index (κ3) is 1.58. The average Bonchev–Trinajstić information content (AvgIpc) is 3.03. The molecular weight excluding hydrogens is 198 g/mol. The molecule has 1 N–H and O–H groups in total. The van der Waals surface area contributed by atoms with Crippen molar-refractivity contribution in [2.24, 2.45) is 0 Å². The van der Waals surface area contributed by atoms with Gasteiger partial charge in [0, 0.05) is 36.7 Å². The van der Waals surface area contributed by atoms with Gasteiger partial charge in [0.25, 0.3) is 0 Å². The van der Waals surface area contributed by atoms with E-state index < -0.39 is 0 Å². The molecule has 0 radical (unpaired) electrons. The van der Waals surface area contributed by atoms with Gasteiger partial charge >= 0.3 is 0 Å². The Morgan fingerprint density at radius 2 is 2.00 bits per heavy atom. The fourth-order valence-corrected chi connectivity index (χ4v) is 2.29. The first-order valence-corrected chi connectivity index (χ1v) is 5.79. The summed E-state index contributed by atoms with van der Waals surface area (Å²) < 4.78 is 0. The topological polar surface area (TPSA) is 31.9 Å². The fourth-order valence-electron chi connectivity index (χ4n) is 2.29. The van der Waals surface area contributed by atoms with Gasteiger partial charge in [-0.1, -0.05) is 0 Å². The van der Waals surface area contributed by atoms with Crippen LogP contribution in [-0.4, -0.2) is 23.1 Å². The van der Waals surface area contributed by atoms with Gasteiger partial charge in [-0.2, -0.15) is 0 Å². The van der Waals surface area contributed by atoms with E-state index in [1.807, 2.05) is 24.5 Å². The minimum Gasteiger partial charge on any atom is -0.361 e. The van der Waals surface area contributed by atoms with Gasteiger partial charge in [-0.05, 0) is 37.1 Å². The number of nitrogens with one attached hydrogen (secondary N) is 1. The zero-order valence-corrected chi connectivity index (χ0v) is 9.19. The lowest BCUT2D eigenvalue weighted by atomic mass is 10.2. The Morgan fingerprint density at radius 3 is 2.75 bits per heavy atom.